The minimum atomic E-state index is -3.79. The normalized spacial score (nSPS) is 11.5. The fourth-order valence-corrected chi connectivity index (χ4v) is 4.91. The maximum Gasteiger partial charge on any atom is 0.264 e. The van der Waals surface area contributed by atoms with Gasteiger partial charge in [0.05, 0.1) is 5.52 Å². The van der Waals surface area contributed by atoms with E-state index in [2.05, 4.69) is 31.4 Å². The van der Waals surface area contributed by atoms with Crippen LogP contribution in [0.4, 0.5) is 5.69 Å². The summed E-state index contributed by atoms with van der Waals surface area (Å²) in [6, 6.07) is 26.1. The number of hydrogen-bond acceptors (Lipinski definition) is 4. The molecule has 3 aromatic carbocycles. The predicted molar refractivity (Wildman–Crippen MR) is 126 cm³/mol. The van der Waals surface area contributed by atoms with Crippen molar-refractivity contribution in [3.63, 3.8) is 0 Å². The standard InChI is InChI=1S/C25H20N4O2S/c30-32(31,23-10-4-8-20-9-5-15-26-24(20)23)28-22-13-11-21(12-14-22)25-27-16-17-29(25)18-19-6-2-1-3-7-19/h1-17,28H,18H2. The Bertz CT molecular complexity index is 1470. The van der Waals surface area contributed by atoms with E-state index in [1.807, 2.05) is 48.7 Å². The number of anilines is 1. The number of pyridine rings is 1. The molecule has 0 radical (unpaired) electrons. The van der Waals surface area contributed by atoms with Crippen LogP contribution in [-0.4, -0.2) is 23.0 Å². The number of nitrogens with zero attached hydrogens (tertiary/aromatic N) is 3. The Kier molecular flexibility index (Phi) is 5.17. The lowest BCUT2D eigenvalue weighted by atomic mass is 10.2. The molecular formula is C25H20N4O2S. The second-order valence-corrected chi connectivity index (χ2v) is 9.03. The van der Waals surface area contributed by atoms with E-state index in [0.717, 1.165) is 16.8 Å². The number of para-hydroxylation sites is 1. The largest absolute Gasteiger partial charge is 0.327 e. The first-order valence-electron chi connectivity index (χ1n) is 10.1. The Balaban J connectivity index is 1.40. The lowest BCUT2D eigenvalue weighted by molar-refractivity contribution is 0.602. The second-order valence-electron chi connectivity index (χ2n) is 7.38. The third kappa shape index (κ3) is 3.98. The molecule has 5 rings (SSSR count). The van der Waals surface area contributed by atoms with Crippen molar-refractivity contribution in [2.24, 2.45) is 0 Å². The minimum absolute atomic E-state index is 0.151. The summed E-state index contributed by atoms with van der Waals surface area (Å²) >= 11 is 0. The highest BCUT2D eigenvalue weighted by atomic mass is 32.2. The Morgan fingerprint density at radius 1 is 0.781 bits per heavy atom. The van der Waals surface area contributed by atoms with Crippen molar-refractivity contribution in [2.75, 3.05) is 4.72 Å². The van der Waals surface area contributed by atoms with Gasteiger partial charge < -0.3 is 4.57 Å². The number of nitrogens with one attached hydrogen (secondary N) is 1. The molecule has 0 saturated heterocycles. The minimum Gasteiger partial charge on any atom is -0.327 e. The molecule has 7 heteroatoms. The second kappa shape index (κ2) is 8.28. The molecule has 0 atom stereocenters. The molecular weight excluding hydrogens is 420 g/mol. The van der Waals surface area contributed by atoms with Gasteiger partial charge in [0, 0.05) is 41.8 Å². The van der Waals surface area contributed by atoms with Crippen molar-refractivity contribution in [1.29, 1.82) is 0 Å². The third-order valence-corrected chi connectivity index (χ3v) is 6.60. The van der Waals surface area contributed by atoms with Crippen molar-refractivity contribution in [3.05, 3.63) is 109 Å². The van der Waals surface area contributed by atoms with Crippen LogP contribution in [0.2, 0.25) is 0 Å². The number of benzene rings is 3. The topological polar surface area (TPSA) is 76.9 Å². The molecule has 158 valence electrons. The number of imidazole rings is 1. The number of hydrogen-bond donors (Lipinski definition) is 1. The predicted octanol–water partition coefficient (Wildman–Crippen LogP) is 4.95. The van der Waals surface area contributed by atoms with Gasteiger partial charge in [0.25, 0.3) is 10.0 Å². The summed E-state index contributed by atoms with van der Waals surface area (Å²) in [6.45, 7) is 0.707. The zero-order valence-corrected chi connectivity index (χ0v) is 17.9. The van der Waals surface area contributed by atoms with E-state index in [9.17, 15) is 8.42 Å². The molecule has 0 aliphatic heterocycles. The van der Waals surface area contributed by atoms with Gasteiger partial charge >= 0.3 is 0 Å². The average molecular weight is 441 g/mol. The van der Waals surface area contributed by atoms with Crippen LogP contribution in [0.25, 0.3) is 22.3 Å². The van der Waals surface area contributed by atoms with Gasteiger partial charge in [-0.2, -0.15) is 0 Å². The highest BCUT2D eigenvalue weighted by Crippen LogP contribution is 2.25. The van der Waals surface area contributed by atoms with Crippen molar-refractivity contribution in [1.82, 2.24) is 14.5 Å². The molecule has 0 amide bonds. The number of aromatic nitrogens is 3. The fourth-order valence-electron chi connectivity index (χ4n) is 3.67. The monoisotopic (exact) mass is 440 g/mol. The Morgan fingerprint density at radius 3 is 2.38 bits per heavy atom. The number of sulfonamides is 1. The summed E-state index contributed by atoms with van der Waals surface area (Å²) in [7, 11) is -3.79. The van der Waals surface area contributed by atoms with E-state index in [0.29, 0.717) is 17.7 Å². The maximum absolute atomic E-state index is 13.0. The molecule has 32 heavy (non-hydrogen) atoms. The first kappa shape index (κ1) is 20.0. The molecule has 0 aliphatic rings. The van der Waals surface area contributed by atoms with Gasteiger partial charge in [0.1, 0.15) is 10.7 Å². The maximum atomic E-state index is 13.0. The Labute approximate surface area is 186 Å². The first-order chi connectivity index (χ1) is 15.6. The van der Waals surface area contributed by atoms with Gasteiger partial charge in [-0.1, -0.05) is 48.5 Å². The summed E-state index contributed by atoms with van der Waals surface area (Å²) in [4.78, 5) is 8.89. The summed E-state index contributed by atoms with van der Waals surface area (Å²) < 4.78 is 30.8. The summed E-state index contributed by atoms with van der Waals surface area (Å²) in [5, 5.41) is 0.774. The van der Waals surface area contributed by atoms with Crippen molar-refractivity contribution < 1.29 is 8.42 Å². The molecule has 0 aliphatic carbocycles. The Morgan fingerprint density at radius 2 is 1.56 bits per heavy atom. The van der Waals surface area contributed by atoms with Crippen LogP contribution in [0.1, 0.15) is 5.56 Å². The highest BCUT2D eigenvalue weighted by molar-refractivity contribution is 7.93. The zero-order valence-electron chi connectivity index (χ0n) is 17.1. The van der Waals surface area contributed by atoms with Crippen molar-refractivity contribution in [3.8, 4) is 11.4 Å². The lowest BCUT2D eigenvalue weighted by Gasteiger charge is -2.11. The van der Waals surface area contributed by atoms with Crippen LogP contribution in [0.5, 0.6) is 0 Å². The molecule has 6 nitrogen and oxygen atoms in total. The molecule has 0 saturated carbocycles. The van der Waals surface area contributed by atoms with Gasteiger partial charge in [-0.3, -0.25) is 9.71 Å². The molecule has 2 aromatic heterocycles. The van der Waals surface area contributed by atoms with Crippen LogP contribution in [0.3, 0.4) is 0 Å². The molecule has 0 unspecified atom stereocenters. The molecule has 0 spiro atoms. The fraction of sp³-hybridized carbons (Fsp3) is 0.0400. The van der Waals surface area contributed by atoms with Gasteiger partial charge in [0.2, 0.25) is 0 Å². The number of fused-ring (bicyclic) bond motifs is 1. The van der Waals surface area contributed by atoms with Crippen LogP contribution in [0, 0.1) is 0 Å². The lowest BCUT2D eigenvalue weighted by Crippen LogP contribution is -2.13. The van der Waals surface area contributed by atoms with Crippen LogP contribution in [-0.2, 0) is 16.6 Å². The molecule has 5 aromatic rings. The molecule has 2 heterocycles. The quantitative estimate of drug-likeness (QED) is 0.405. The number of rotatable bonds is 6. The van der Waals surface area contributed by atoms with Gasteiger partial charge in [-0.05, 0) is 42.0 Å². The van der Waals surface area contributed by atoms with E-state index in [1.54, 1.807) is 42.7 Å². The first-order valence-corrected chi connectivity index (χ1v) is 11.6. The van der Waals surface area contributed by atoms with Gasteiger partial charge in [-0.25, -0.2) is 13.4 Å². The smallest absolute Gasteiger partial charge is 0.264 e. The third-order valence-electron chi connectivity index (χ3n) is 5.19. The summed E-state index contributed by atoms with van der Waals surface area (Å²) in [5.74, 6) is 0.821. The van der Waals surface area contributed by atoms with E-state index in [-0.39, 0.29) is 4.90 Å². The summed E-state index contributed by atoms with van der Waals surface area (Å²) in [5.41, 5.74) is 3.01. The van der Waals surface area contributed by atoms with Gasteiger partial charge in [-0.15, -0.1) is 0 Å². The highest BCUT2D eigenvalue weighted by Gasteiger charge is 2.18. The Hall–Kier alpha value is -3.97. The van der Waals surface area contributed by atoms with E-state index < -0.39 is 10.0 Å². The summed E-state index contributed by atoms with van der Waals surface area (Å²) in [6.07, 6.45) is 5.29. The molecule has 0 bridgehead atoms. The zero-order chi connectivity index (χ0) is 22.0. The van der Waals surface area contributed by atoms with Crippen molar-refractivity contribution in [2.45, 2.75) is 11.4 Å². The molecule has 0 fully saturated rings. The van der Waals surface area contributed by atoms with Crippen molar-refractivity contribution >= 4 is 26.6 Å². The van der Waals surface area contributed by atoms with Crippen LogP contribution in [0.15, 0.2) is 108 Å². The van der Waals surface area contributed by atoms with Crippen LogP contribution >= 0.6 is 0 Å². The van der Waals surface area contributed by atoms with E-state index in [4.69, 9.17) is 0 Å². The average Bonchev–Trinajstić information content (AvgIpc) is 3.27. The van der Waals surface area contributed by atoms with Crippen LogP contribution < -0.4 is 4.72 Å². The van der Waals surface area contributed by atoms with E-state index >= 15 is 0 Å². The molecule has 1 N–H and O–H groups in total. The van der Waals surface area contributed by atoms with E-state index in [1.165, 1.54) is 5.56 Å². The van der Waals surface area contributed by atoms with Gasteiger partial charge in [0.15, 0.2) is 0 Å². The SMILES string of the molecule is O=S(=O)(Nc1ccc(-c2nccn2Cc2ccccc2)cc1)c1cccc2cccnc12.